The number of rotatable bonds is 6. The summed E-state index contributed by atoms with van der Waals surface area (Å²) in [6, 6.07) is 15.4. The first-order valence-electron chi connectivity index (χ1n) is 9.81. The zero-order valence-corrected chi connectivity index (χ0v) is 17.8. The van der Waals surface area contributed by atoms with Gasteiger partial charge >= 0.3 is 0 Å². The largest absolute Gasteiger partial charge is 0.325 e. The third kappa shape index (κ3) is 4.23. The van der Waals surface area contributed by atoms with Crippen LogP contribution in [0.3, 0.4) is 0 Å². The molecule has 1 aromatic heterocycles. The summed E-state index contributed by atoms with van der Waals surface area (Å²) in [5, 5.41) is 12.1. The van der Waals surface area contributed by atoms with E-state index in [1.54, 1.807) is 4.90 Å². The second-order valence-electron chi connectivity index (χ2n) is 7.21. The number of carbonyl (C=O) groups excluding carboxylic acids is 2. The van der Waals surface area contributed by atoms with E-state index in [1.165, 1.54) is 11.8 Å². The average molecular weight is 422 g/mol. The summed E-state index contributed by atoms with van der Waals surface area (Å²) >= 11 is 1.34. The number of benzene rings is 2. The van der Waals surface area contributed by atoms with E-state index in [0.29, 0.717) is 17.3 Å². The van der Waals surface area contributed by atoms with Crippen LogP contribution in [0.1, 0.15) is 18.4 Å². The lowest BCUT2D eigenvalue weighted by Crippen LogP contribution is -2.23. The number of carbonyl (C=O) groups is 2. The van der Waals surface area contributed by atoms with Gasteiger partial charge in [0.05, 0.1) is 5.75 Å². The quantitative estimate of drug-likeness (QED) is 0.615. The topological polar surface area (TPSA) is 80.1 Å². The minimum atomic E-state index is -0.120. The maximum atomic E-state index is 12.4. The molecule has 2 heterocycles. The number of aromatic nitrogens is 3. The molecular formula is C22H23N5O2S. The van der Waals surface area contributed by atoms with E-state index in [4.69, 9.17) is 0 Å². The number of hydrogen-bond donors (Lipinski definition) is 1. The van der Waals surface area contributed by atoms with E-state index in [-0.39, 0.29) is 17.6 Å². The molecule has 2 aromatic carbocycles. The Bertz CT molecular complexity index is 1080. The molecule has 1 aliphatic rings. The standard InChI is InChI=1S/C22H23N5O2S/c1-15-6-3-4-7-18(15)21-24-25-22(26(21)2)30-14-19(28)23-16-9-11-17(12-10-16)27-13-5-8-20(27)29/h3-4,6-7,9-12H,5,8,13-14H2,1-2H3,(H,23,28). The van der Waals surface area contributed by atoms with Gasteiger partial charge in [-0.25, -0.2) is 0 Å². The van der Waals surface area contributed by atoms with Gasteiger partial charge in [0.15, 0.2) is 11.0 Å². The van der Waals surface area contributed by atoms with Gasteiger partial charge < -0.3 is 14.8 Å². The highest BCUT2D eigenvalue weighted by molar-refractivity contribution is 7.99. The van der Waals surface area contributed by atoms with Crippen molar-refractivity contribution in [3.8, 4) is 11.4 Å². The van der Waals surface area contributed by atoms with Crippen LogP contribution in [-0.4, -0.2) is 38.9 Å². The average Bonchev–Trinajstić information content (AvgIpc) is 3.33. The van der Waals surface area contributed by atoms with Crippen LogP contribution in [0, 0.1) is 6.92 Å². The molecule has 7 nitrogen and oxygen atoms in total. The maximum absolute atomic E-state index is 12.4. The molecule has 1 saturated heterocycles. The van der Waals surface area contributed by atoms with Gasteiger partial charge in [0.1, 0.15) is 0 Å². The smallest absolute Gasteiger partial charge is 0.234 e. The van der Waals surface area contributed by atoms with Gasteiger partial charge in [-0.05, 0) is 43.2 Å². The fraction of sp³-hybridized carbons (Fsp3) is 0.273. The summed E-state index contributed by atoms with van der Waals surface area (Å²) in [4.78, 5) is 26.0. The van der Waals surface area contributed by atoms with E-state index in [0.717, 1.165) is 35.6 Å². The molecule has 30 heavy (non-hydrogen) atoms. The Hall–Kier alpha value is -3.13. The SMILES string of the molecule is Cc1ccccc1-c1nnc(SCC(=O)Nc2ccc(N3CCCC3=O)cc2)n1C. The summed E-state index contributed by atoms with van der Waals surface area (Å²) in [7, 11) is 1.90. The molecule has 154 valence electrons. The number of hydrogen-bond acceptors (Lipinski definition) is 5. The lowest BCUT2D eigenvalue weighted by molar-refractivity contribution is -0.117. The summed E-state index contributed by atoms with van der Waals surface area (Å²) < 4.78 is 1.90. The molecule has 1 fully saturated rings. The fourth-order valence-corrected chi connectivity index (χ4v) is 4.18. The van der Waals surface area contributed by atoms with Crippen molar-refractivity contribution in [2.75, 3.05) is 22.5 Å². The van der Waals surface area contributed by atoms with E-state index in [2.05, 4.69) is 15.5 Å². The van der Waals surface area contributed by atoms with Crippen LogP contribution in [-0.2, 0) is 16.6 Å². The number of aryl methyl sites for hydroxylation is 1. The number of thioether (sulfide) groups is 1. The first kappa shape index (κ1) is 20.2. The van der Waals surface area contributed by atoms with Crippen molar-refractivity contribution in [2.45, 2.75) is 24.9 Å². The summed E-state index contributed by atoms with van der Waals surface area (Å²) in [6.07, 6.45) is 1.49. The normalized spacial score (nSPS) is 13.7. The van der Waals surface area contributed by atoms with Crippen LogP contribution >= 0.6 is 11.8 Å². The first-order valence-corrected chi connectivity index (χ1v) is 10.8. The summed E-state index contributed by atoms with van der Waals surface area (Å²) in [6.45, 7) is 2.79. The molecule has 0 spiro atoms. The highest BCUT2D eigenvalue weighted by Gasteiger charge is 2.21. The summed E-state index contributed by atoms with van der Waals surface area (Å²) in [5.74, 6) is 1.04. The zero-order chi connectivity index (χ0) is 21.1. The second kappa shape index (κ2) is 8.71. The maximum Gasteiger partial charge on any atom is 0.234 e. The molecule has 8 heteroatoms. The Kier molecular flexibility index (Phi) is 5.85. The van der Waals surface area contributed by atoms with Crippen LogP contribution in [0.5, 0.6) is 0 Å². The molecule has 1 aliphatic heterocycles. The highest BCUT2D eigenvalue weighted by Crippen LogP contribution is 2.26. The first-order chi connectivity index (χ1) is 14.5. The van der Waals surface area contributed by atoms with Crippen molar-refractivity contribution in [1.82, 2.24) is 14.8 Å². The lowest BCUT2D eigenvalue weighted by atomic mass is 10.1. The number of nitrogens with one attached hydrogen (secondary N) is 1. The van der Waals surface area contributed by atoms with Crippen LogP contribution in [0.25, 0.3) is 11.4 Å². The molecule has 1 N–H and O–H groups in total. The van der Waals surface area contributed by atoms with Crippen molar-refractivity contribution in [3.05, 3.63) is 54.1 Å². The van der Waals surface area contributed by atoms with Crippen LogP contribution in [0.15, 0.2) is 53.7 Å². The van der Waals surface area contributed by atoms with Gasteiger partial charge in [-0.1, -0.05) is 36.0 Å². The summed E-state index contributed by atoms with van der Waals surface area (Å²) in [5.41, 5.74) is 3.73. The molecule has 0 saturated carbocycles. The van der Waals surface area contributed by atoms with Gasteiger partial charge in [-0.2, -0.15) is 0 Å². The molecule has 0 bridgehead atoms. The molecule has 4 rings (SSSR count). The third-order valence-corrected chi connectivity index (χ3v) is 6.11. The Labute approximate surface area is 179 Å². The minimum absolute atomic E-state index is 0.120. The van der Waals surface area contributed by atoms with Crippen molar-refractivity contribution in [1.29, 1.82) is 0 Å². The Morgan fingerprint density at radius 3 is 2.60 bits per heavy atom. The van der Waals surface area contributed by atoms with Crippen molar-refractivity contribution >= 4 is 35.0 Å². The fourth-order valence-electron chi connectivity index (χ4n) is 3.47. The van der Waals surface area contributed by atoms with Gasteiger partial charge in [-0.15, -0.1) is 10.2 Å². The lowest BCUT2D eigenvalue weighted by Gasteiger charge is -2.16. The molecule has 0 unspecified atom stereocenters. The monoisotopic (exact) mass is 421 g/mol. The Morgan fingerprint density at radius 2 is 1.90 bits per heavy atom. The van der Waals surface area contributed by atoms with Crippen LogP contribution in [0.4, 0.5) is 11.4 Å². The Morgan fingerprint density at radius 1 is 1.13 bits per heavy atom. The highest BCUT2D eigenvalue weighted by atomic mass is 32.2. The van der Waals surface area contributed by atoms with E-state index in [9.17, 15) is 9.59 Å². The minimum Gasteiger partial charge on any atom is -0.325 e. The van der Waals surface area contributed by atoms with Gasteiger partial charge in [0.2, 0.25) is 11.8 Å². The molecular weight excluding hydrogens is 398 g/mol. The van der Waals surface area contributed by atoms with Gasteiger partial charge in [-0.3, -0.25) is 9.59 Å². The van der Waals surface area contributed by atoms with Gasteiger partial charge in [0.25, 0.3) is 0 Å². The van der Waals surface area contributed by atoms with E-state index >= 15 is 0 Å². The van der Waals surface area contributed by atoms with Gasteiger partial charge in [0, 0.05) is 37.0 Å². The van der Waals surface area contributed by atoms with Crippen LogP contribution in [0.2, 0.25) is 0 Å². The molecule has 0 aliphatic carbocycles. The predicted molar refractivity (Wildman–Crippen MR) is 119 cm³/mol. The van der Waals surface area contributed by atoms with Crippen molar-refractivity contribution < 1.29 is 9.59 Å². The third-order valence-electron chi connectivity index (χ3n) is 5.09. The number of nitrogens with zero attached hydrogens (tertiary/aromatic N) is 4. The van der Waals surface area contributed by atoms with Crippen LogP contribution < -0.4 is 10.2 Å². The predicted octanol–water partition coefficient (Wildman–Crippen LogP) is 3.65. The van der Waals surface area contributed by atoms with Crippen molar-refractivity contribution in [3.63, 3.8) is 0 Å². The second-order valence-corrected chi connectivity index (χ2v) is 8.16. The van der Waals surface area contributed by atoms with E-state index in [1.807, 2.05) is 67.1 Å². The molecule has 0 atom stereocenters. The molecule has 3 aromatic rings. The van der Waals surface area contributed by atoms with E-state index < -0.39 is 0 Å². The number of amides is 2. The number of anilines is 2. The zero-order valence-electron chi connectivity index (χ0n) is 17.0. The van der Waals surface area contributed by atoms with Crippen molar-refractivity contribution in [2.24, 2.45) is 7.05 Å². The molecule has 0 radical (unpaired) electrons. The molecule has 2 amide bonds. The Balaban J connectivity index is 1.35.